The third kappa shape index (κ3) is 4.52. The fourth-order valence-electron chi connectivity index (χ4n) is 1.92. The first kappa shape index (κ1) is 17.3. The van der Waals surface area contributed by atoms with E-state index in [9.17, 15) is 9.59 Å². The molecule has 0 radical (unpaired) electrons. The number of aryl methyl sites for hydroxylation is 1. The smallest absolute Gasteiger partial charge is 0.287 e. The maximum atomic E-state index is 12.2. The van der Waals surface area contributed by atoms with Gasteiger partial charge in [-0.25, -0.2) is 0 Å². The van der Waals surface area contributed by atoms with Gasteiger partial charge in [-0.15, -0.1) is 10.2 Å². The summed E-state index contributed by atoms with van der Waals surface area (Å²) in [6.45, 7) is 2.13. The Kier molecular flexibility index (Phi) is 5.25. The van der Waals surface area contributed by atoms with Crippen LogP contribution in [0.1, 0.15) is 30.9 Å². The zero-order chi connectivity index (χ0) is 17.8. The van der Waals surface area contributed by atoms with Crippen LogP contribution < -0.4 is 10.6 Å². The number of rotatable bonds is 5. The highest BCUT2D eigenvalue weighted by atomic mass is 79.9. The predicted molar refractivity (Wildman–Crippen MR) is 96.6 cm³/mol. The molecule has 0 fully saturated rings. The molecule has 1 aromatic carbocycles. The minimum Gasteiger partial charge on any atom is -0.444 e. The molecule has 0 spiro atoms. The summed E-state index contributed by atoms with van der Waals surface area (Å²) in [6, 6.07) is 10.6. The van der Waals surface area contributed by atoms with E-state index in [2.05, 4.69) is 36.8 Å². The Balaban J connectivity index is 1.57. The van der Waals surface area contributed by atoms with Crippen molar-refractivity contribution in [2.45, 2.75) is 13.5 Å². The number of carbonyl (C=O) groups is 2. The van der Waals surface area contributed by atoms with Crippen LogP contribution in [0.25, 0.3) is 0 Å². The molecule has 2 aromatic heterocycles. The molecule has 0 bridgehead atoms. The first-order valence-electron chi connectivity index (χ1n) is 7.25. The van der Waals surface area contributed by atoms with Gasteiger partial charge in [-0.05, 0) is 47.1 Å². The molecule has 128 valence electrons. The average Bonchev–Trinajstić information content (AvgIpc) is 3.24. The highest BCUT2D eigenvalue weighted by Crippen LogP contribution is 2.16. The number of carbonyl (C=O) groups excluding carboxylic acids is 2. The SMILES string of the molecule is Cc1ccc(NC(=O)c2nnc(CNC(=O)c3ccc(Br)o3)s2)cc1. The minimum absolute atomic E-state index is 0.159. The van der Waals surface area contributed by atoms with Crippen LogP contribution in [0.4, 0.5) is 5.69 Å². The largest absolute Gasteiger partial charge is 0.444 e. The lowest BCUT2D eigenvalue weighted by molar-refractivity contribution is 0.0921. The number of anilines is 1. The van der Waals surface area contributed by atoms with Crippen LogP contribution in [0.3, 0.4) is 0 Å². The Bertz CT molecular complexity index is 904. The van der Waals surface area contributed by atoms with Crippen LogP contribution in [0.2, 0.25) is 0 Å². The molecule has 25 heavy (non-hydrogen) atoms. The van der Waals surface area contributed by atoms with Gasteiger partial charge < -0.3 is 15.1 Å². The second-order valence-electron chi connectivity index (χ2n) is 5.11. The Morgan fingerprint density at radius 2 is 1.88 bits per heavy atom. The van der Waals surface area contributed by atoms with Crippen LogP contribution in [0.15, 0.2) is 45.5 Å². The first-order chi connectivity index (χ1) is 12.0. The van der Waals surface area contributed by atoms with Gasteiger partial charge in [0.25, 0.3) is 11.8 Å². The molecule has 0 unspecified atom stereocenters. The van der Waals surface area contributed by atoms with Crippen molar-refractivity contribution in [1.82, 2.24) is 15.5 Å². The van der Waals surface area contributed by atoms with Crippen molar-refractivity contribution in [2.75, 3.05) is 5.32 Å². The minimum atomic E-state index is -0.369. The van der Waals surface area contributed by atoms with Crippen molar-refractivity contribution >= 4 is 44.8 Å². The van der Waals surface area contributed by atoms with Crippen LogP contribution in [-0.4, -0.2) is 22.0 Å². The van der Waals surface area contributed by atoms with Crippen molar-refractivity contribution in [3.63, 3.8) is 0 Å². The molecular weight excluding hydrogens is 408 g/mol. The number of amides is 2. The number of hydrogen-bond acceptors (Lipinski definition) is 6. The van der Waals surface area contributed by atoms with E-state index in [-0.39, 0.29) is 29.1 Å². The lowest BCUT2D eigenvalue weighted by atomic mass is 10.2. The standard InChI is InChI=1S/C16H13BrN4O3S/c1-9-2-4-10(5-3-9)19-15(23)16-21-20-13(25-16)8-18-14(22)11-6-7-12(17)24-11/h2-7H,8H2,1H3,(H,18,22)(H,19,23). The summed E-state index contributed by atoms with van der Waals surface area (Å²) < 4.78 is 5.64. The van der Waals surface area contributed by atoms with Gasteiger partial charge in [0.1, 0.15) is 5.01 Å². The maximum Gasteiger partial charge on any atom is 0.287 e. The Hall–Kier alpha value is -2.52. The number of furan rings is 1. The fraction of sp³-hybridized carbons (Fsp3) is 0.125. The number of hydrogen-bond donors (Lipinski definition) is 2. The molecule has 0 saturated carbocycles. The molecule has 0 atom stereocenters. The van der Waals surface area contributed by atoms with Gasteiger partial charge in [0, 0.05) is 5.69 Å². The Morgan fingerprint density at radius 1 is 1.12 bits per heavy atom. The summed E-state index contributed by atoms with van der Waals surface area (Å²) in [5, 5.41) is 13.9. The van der Waals surface area contributed by atoms with E-state index < -0.39 is 0 Å². The number of halogens is 1. The normalized spacial score (nSPS) is 10.5. The van der Waals surface area contributed by atoms with Gasteiger partial charge in [0.05, 0.1) is 6.54 Å². The van der Waals surface area contributed by atoms with Crippen LogP contribution in [0, 0.1) is 6.92 Å². The highest BCUT2D eigenvalue weighted by molar-refractivity contribution is 9.10. The maximum absolute atomic E-state index is 12.2. The van der Waals surface area contributed by atoms with Crippen LogP contribution >= 0.6 is 27.3 Å². The number of benzene rings is 1. The lowest BCUT2D eigenvalue weighted by Gasteiger charge is -2.02. The molecule has 0 saturated heterocycles. The van der Waals surface area contributed by atoms with Gasteiger partial charge >= 0.3 is 0 Å². The quantitative estimate of drug-likeness (QED) is 0.659. The van der Waals surface area contributed by atoms with E-state index in [0.717, 1.165) is 16.9 Å². The van der Waals surface area contributed by atoms with Crippen molar-refractivity contribution in [1.29, 1.82) is 0 Å². The van der Waals surface area contributed by atoms with Crippen molar-refractivity contribution < 1.29 is 14.0 Å². The Labute approximate surface area is 155 Å². The van der Waals surface area contributed by atoms with Gasteiger partial charge in [-0.2, -0.15) is 0 Å². The predicted octanol–water partition coefficient (Wildman–Crippen LogP) is 3.38. The molecule has 2 N–H and O–H groups in total. The molecule has 0 aliphatic rings. The Morgan fingerprint density at radius 3 is 2.56 bits per heavy atom. The molecule has 2 amide bonds. The van der Waals surface area contributed by atoms with Crippen molar-refractivity contribution in [3.05, 3.63) is 62.4 Å². The zero-order valence-electron chi connectivity index (χ0n) is 13.1. The summed E-state index contributed by atoms with van der Waals surface area (Å²) in [4.78, 5) is 24.1. The van der Waals surface area contributed by atoms with Gasteiger partial charge in [0.2, 0.25) is 5.01 Å². The highest BCUT2D eigenvalue weighted by Gasteiger charge is 2.15. The monoisotopic (exact) mass is 420 g/mol. The summed E-state index contributed by atoms with van der Waals surface area (Å²) in [7, 11) is 0. The van der Waals surface area contributed by atoms with Gasteiger partial charge in [-0.3, -0.25) is 9.59 Å². The summed E-state index contributed by atoms with van der Waals surface area (Å²) in [6.07, 6.45) is 0. The number of aromatic nitrogens is 2. The lowest BCUT2D eigenvalue weighted by Crippen LogP contribution is -2.22. The second kappa shape index (κ2) is 7.58. The summed E-state index contributed by atoms with van der Waals surface area (Å²) in [5.41, 5.74) is 1.79. The zero-order valence-corrected chi connectivity index (χ0v) is 15.5. The summed E-state index contributed by atoms with van der Waals surface area (Å²) >= 11 is 4.25. The molecule has 0 aliphatic carbocycles. The molecule has 9 heteroatoms. The number of nitrogens with one attached hydrogen (secondary N) is 2. The molecule has 3 rings (SSSR count). The van der Waals surface area contributed by atoms with E-state index in [1.165, 1.54) is 0 Å². The van der Waals surface area contributed by atoms with Gasteiger partial charge in [-0.1, -0.05) is 29.0 Å². The second-order valence-corrected chi connectivity index (χ2v) is 6.95. The number of nitrogens with zero attached hydrogens (tertiary/aromatic N) is 2. The van der Waals surface area contributed by atoms with Crippen LogP contribution in [0.5, 0.6) is 0 Å². The van der Waals surface area contributed by atoms with E-state index >= 15 is 0 Å². The first-order valence-corrected chi connectivity index (χ1v) is 8.86. The fourth-order valence-corrected chi connectivity index (χ4v) is 2.90. The summed E-state index contributed by atoms with van der Waals surface area (Å²) in [5.74, 6) is -0.519. The van der Waals surface area contributed by atoms with Gasteiger partial charge in [0.15, 0.2) is 10.4 Å². The molecule has 7 nitrogen and oxygen atoms in total. The molecule has 0 aliphatic heterocycles. The van der Waals surface area contributed by atoms with Crippen LogP contribution in [-0.2, 0) is 6.54 Å². The van der Waals surface area contributed by atoms with E-state index in [1.54, 1.807) is 12.1 Å². The van der Waals surface area contributed by atoms with Crippen molar-refractivity contribution in [2.24, 2.45) is 0 Å². The van der Waals surface area contributed by atoms with E-state index in [4.69, 9.17) is 4.42 Å². The third-order valence-electron chi connectivity index (χ3n) is 3.17. The molecule has 2 heterocycles. The molecular formula is C16H13BrN4O3S. The topological polar surface area (TPSA) is 97.1 Å². The molecule has 3 aromatic rings. The third-order valence-corrected chi connectivity index (χ3v) is 4.52. The average molecular weight is 421 g/mol. The van der Waals surface area contributed by atoms with E-state index in [0.29, 0.717) is 15.4 Å². The van der Waals surface area contributed by atoms with Crippen molar-refractivity contribution in [3.8, 4) is 0 Å². The van der Waals surface area contributed by atoms with E-state index in [1.807, 2.05) is 31.2 Å².